The molecule has 1 aliphatic rings. The molecule has 2 aromatic rings. The molecule has 1 fully saturated rings. The van der Waals surface area contributed by atoms with E-state index in [1.165, 1.54) is 11.3 Å². The van der Waals surface area contributed by atoms with Crippen molar-refractivity contribution in [1.82, 2.24) is 4.98 Å². The first-order valence-corrected chi connectivity index (χ1v) is 8.24. The lowest BCUT2D eigenvalue weighted by Gasteiger charge is -2.30. The quantitative estimate of drug-likeness (QED) is 0.816. The van der Waals surface area contributed by atoms with Gasteiger partial charge in [0.2, 0.25) is 0 Å². The van der Waals surface area contributed by atoms with Crippen molar-refractivity contribution >= 4 is 43.3 Å². The number of thiazole rings is 1. The highest BCUT2D eigenvalue weighted by Crippen LogP contribution is 2.35. The van der Waals surface area contributed by atoms with Gasteiger partial charge < -0.3 is 14.4 Å². The maximum absolute atomic E-state index is 11.7. The van der Waals surface area contributed by atoms with E-state index < -0.39 is 0 Å². The number of rotatable bonds is 3. The first-order valence-electron chi connectivity index (χ1n) is 6.61. The van der Waals surface area contributed by atoms with Crippen LogP contribution >= 0.6 is 22.7 Å². The van der Waals surface area contributed by atoms with Crippen LogP contribution in [-0.2, 0) is 9.47 Å². The van der Waals surface area contributed by atoms with Gasteiger partial charge in [0.25, 0.3) is 0 Å². The molecule has 1 saturated heterocycles. The van der Waals surface area contributed by atoms with E-state index in [0.717, 1.165) is 34.4 Å². The molecule has 0 bridgehead atoms. The fraction of sp³-hybridized carbons (Fsp3) is 0.538. The van der Waals surface area contributed by atoms with Crippen LogP contribution in [0.25, 0.3) is 9.53 Å². The van der Waals surface area contributed by atoms with Crippen molar-refractivity contribution in [2.45, 2.75) is 20.0 Å². The molecule has 3 rings (SSSR count). The Balaban J connectivity index is 1.81. The van der Waals surface area contributed by atoms with Crippen LogP contribution in [0.4, 0.5) is 5.13 Å². The van der Waals surface area contributed by atoms with E-state index in [1.807, 2.05) is 13.0 Å². The zero-order valence-electron chi connectivity index (χ0n) is 11.4. The molecule has 0 radical (unpaired) electrons. The lowest BCUT2D eigenvalue weighted by Crippen LogP contribution is -2.41. The van der Waals surface area contributed by atoms with Crippen molar-refractivity contribution in [2.24, 2.45) is 0 Å². The number of thiophene rings is 1. The summed E-state index contributed by atoms with van der Waals surface area (Å²) in [5.74, 6) is -0.260. The van der Waals surface area contributed by atoms with Crippen LogP contribution < -0.4 is 4.90 Å². The van der Waals surface area contributed by atoms with E-state index in [-0.39, 0.29) is 12.1 Å². The molecule has 5 nitrogen and oxygen atoms in total. The molecule has 7 heteroatoms. The SMILES string of the molecule is CCOC(=O)c1cc2sc(N3CCO[C@H](C)C3)nc2s1. The summed E-state index contributed by atoms with van der Waals surface area (Å²) in [6.07, 6.45) is 0.237. The van der Waals surface area contributed by atoms with Gasteiger partial charge in [0, 0.05) is 13.1 Å². The van der Waals surface area contributed by atoms with Crippen LogP contribution in [0.5, 0.6) is 0 Å². The molecule has 0 saturated carbocycles. The highest BCUT2D eigenvalue weighted by atomic mass is 32.1. The fourth-order valence-electron chi connectivity index (χ4n) is 2.15. The second-order valence-corrected chi connectivity index (χ2v) is 6.66. The summed E-state index contributed by atoms with van der Waals surface area (Å²) in [6, 6.07) is 1.88. The maximum atomic E-state index is 11.7. The summed E-state index contributed by atoms with van der Waals surface area (Å²) in [7, 11) is 0. The topological polar surface area (TPSA) is 51.7 Å². The normalized spacial score (nSPS) is 19.5. The molecular formula is C13H16N2O3S2. The smallest absolute Gasteiger partial charge is 0.348 e. The van der Waals surface area contributed by atoms with E-state index >= 15 is 0 Å². The standard InChI is InChI=1S/C13H16N2O3S2/c1-3-17-12(16)10-6-9-11(19-10)14-13(20-9)15-4-5-18-8(2)7-15/h6,8H,3-5,7H2,1-2H3/t8-/m1/s1. The lowest BCUT2D eigenvalue weighted by molar-refractivity contribution is 0.0528. The van der Waals surface area contributed by atoms with Gasteiger partial charge in [-0.3, -0.25) is 0 Å². The van der Waals surface area contributed by atoms with Gasteiger partial charge in [0.05, 0.1) is 24.0 Å². The Kier molecular flexibility index (Phi) is 3.91. The summed E-state index contributed by atoms with van der Waals surface area (Å²) in [5.41, 5.74) is 0. The average molecular weight is 312 g/mol. The van der Waals surface area contributed by atoms with Crippen molar-refractivity contribution in [3.63, 3.8) is 0 Å². The summed E-state index contributed by atoms with van der Waals surface area (Å²) in [6.45, 7) is 6.75. The molecule has 0 N–H and O–H groups in total. The predicted molar refractivity (Wildman–Crippen MR) is 81.1 cm³/mol. The van der Waals surface area contributed by atoms with Gasteiger partial charge in [-0.05, 0) is 19.9 Å². The monoisotopic (exact) mass is 312 g/mol. The molecule has 2 aromatic heterocycles. The summed E-state index contributed by atoms with van der Waals surface area (Å²) >= 11 is 3.02. The van der Waals surface area contributed by atoms with E-state index in [9.17, 15) is 4.79 Å². The number of ether oxygens (including phenoxy) is 2. The number of nitrogens with zero attached hydrogens (tertiary/aromatic N) is 2. The first-order chi connectivity index (χ1) is 9.67. The highest BCUT2D eigenvalue weighted by Gasteiger charge is 2.21. The maximum Gasteiger partial charge on any atom is 0.348 e. The molecule has 0 aromatic carbocycles. The van der Waals surface area contributed by atoms with Crippen LogP contribution in [0, 0.1) is 0 Å². The Labute approximate surface area is 125 Å². The third kappa shape index (κ3) is 2.65. The van der Waals surface area contributed by atoms with Crippen molar-refractivity contribution in [3.05, 3.63) is 10.9 Å². The number of hydrogen-bond donors (Lipinski definition) is 0. The minimum atomic E-state index is -0.260. The van der Waals surface area contributed by atoms with Crippen molar-refractivity contribution in [1.29, 1.82) is 0 Å². The fourth-order valence-corrected chi connectivity index (χ4v) is 4.29. The minimum absolute atomic E-state index is 0.237. The summed E-state index contributed by atoms with van der Waals surface area (Å²) < 4.78 is 11.6. The number of fused-ring (bicyclic) bond motifs is 1. The zero-order valence-corrected chi connectivity index (χ0v) is 13.1. The molecule has 0 amide bonds. The Morgan fingerprint density at radius 2 is 2.45 bits per heavy atom. The number of anilines is 1. The third-order valence-electron chi connectivity index (χ3n) is 3.07. The Bertz CT molecular complexity index is 591. The number of carbonyl (C=O) groups excluding carboxylic acids is 1. The largest absolute Gasteiger partial charge is 0.462 e. The van der Waals surface area contributed by atoms with Crippen LogP contribution in [0.15, 0.2) is 6.07 Å². The molecule has 0 unspecified atom stereocenters. The molecule has 3 heterocycles. The molecule has 0 aliphatic carbocycles. The van der Waals surface area contributed by atoms with Gasteiger partial charge in [-0.15, -0.1) is 11.3 Å². The van der Waals surface area contributed by atoms with E-state index in [4.69, 9.17) is 9.47 Å². The van der Waals surface area contributed by atoms with E-state index in [0.29, 0.717) is 11.5 Å². The number of esters is 1. The predicted octanol–water partition coefficient (Wildman–Crippen LogP) is 2.76. The number of aromatic nitrogens is 1. The van der Waals surface area contributed by atoms with Crippen molar-refractivity contribution in [3.8, 4) is 0 Å². The Morgan fingerprint density at radius 3 is 3.15 bits per heavy atom. The second kappa shape index (κ2) is 5.67. The van der Waals surface area contributed by atoms with Crippen LogP contribution in [0.2, 0.25) is 0 Å². The molecule has 1 aliphatic heterocycles. The third-order valence-corrected chi connectivity index (χ3v) is 5.27. The van der Waals surface area contributed by atoms with Gasteiger partial charge in [-0.1, -0.05) is 11.3 Å². The van der Waals surface area contributed by atoms with E-state index in [2.05, 4.69) is 16.8 Å². The van der Waals surface area contributed by atoms with E-state index in [1.54, 1.807) is 11.3 Å². The number of hydrogen-bond acceptors (Lipinski definition) is 7. The average Bonchev–Trinajstić information content (AvgIpc) is 2.97. The van der Waals surface area contributed by atoms with Crippen LogP contribution in [-0.4, -0.2) is 43.4 Å². The van der Waals surface area contributed by atoms with Gasteiger partial charge in [0.15, 0.2) is 5.13 Å². The molecule has 0 spiro atoms. The second-order valence-electron chi connectivity index (χ2n) is 4.62. The van der Waals surface area contributed by atoms with Gasteiger partial charge in [-0.25, -0.2) is 9.78 Å². The summed E-state index contributed by atoms with van der Waals surface area (Å²) in [4.78, 5) is 20.1. The van der Waals surface area contributed by atoms with Crippen LogP contribution in [0.1, 0.15) is 23.5 Å². The van der Waals surface area contributed by atoms with Gasteiger partial charge >= 0.3 is 5.97 Å². The van der Waals surface area contributed by atoms with Gasteiger partial charge in [-0.2, -0.15) is 0 Å². The molecule has 20 heavy (non-hydrogen) atoms. The van der Waals surface area contributed by atoms with Gasteiger partial charge in [0.1, 0.15) is 9.71 Å². The Hall–Kier alpha value is -1.18. The first kappa shape index (κ1) is 13.8. The molecule has 1 atom stereocenters. The number of morpholine rings is 1. The van der Waals surface area contributed by atoms with Crippen molar-refractivity contribution in [2.75, 3.05) is 31.2 Å². The Morgan fingerprint density at radius 1 is 1.60 bits per heavy atom. The highest BCUT2D eigenvalue weighted by molar-refractivity contribution is 7.29. The lowest BCUT2D eigenvalue weighted by atomic mass is 10.3. The zero-order chi connectivity index (χ0) is 14.1. The summed E-state index contributed by atoms with van der Waals surface area (Å²) in [5, 5.41) is 1.01. The minimum Gasteiger partial charge on any atom is -0.462 e. The molecule has 108 valence electrons. The van der Waals surface area contributed by atoms with Crippen LogP contribution in [0.3, 0.4) is 0 Å². The number of carbonyl (C=O) groups is 1. The van der Waals surface area contributed by atoms with Crippen molar-refractivity contribution < 1.29 is 14.3 Å². The molecular weight excluding hydrogens is 296 g/mol.